The molecule has 1 saturated heterocycles. The van der Waals surface area contributed by atoms with Crippen molar-refractivity contribution in [2.45, 2.75) is 0 Å². The number of fused-ring (bicyclic) bond motifs is 2. The number of rotatable bonds is 4. The molecule has 7 nitrogen and oxygen atoms in total. The third kappa shape index (κ3) is 3.62. The van der Waals surface area contributed by atoms with Gasteiger partial charge in [0.25, 0.3) is 0 Å². The van der Waals surface area contributed by atoms with E-state index in [4.69, 9.17) is 0 Å². The fraction of sp³-hybridized carbons (Fsp3) is 0.154. The van der Waals surface area contributed by atoms with E-state index in [0.717, 1.165) is 59.2 Å². The Morgan fingerprint density at radius 3 is 2.76 bits per heavy atom. The number of nitrogens with one attached hydrogen (secondary N) is 2. The first kappa shape index (κ1) is 19.6. The number of aromatic nitrogens is 4. The number of carbonyl (C=O) groups excluding carboxylic acids is 1. The average molecular weight is 435 g/mol. The standard InChI is InChI=1S/C26H22N6O/c33-25(26-30-22-6-5-19(14-24(22)31-26)32-11-9-27-10-12-32)17-7-8-29-23(13-17)21-16-28-15-18-3-1-2-4-20(18)21/h1-8,13-16,27H,9-12H2,(H,30,31). The molecule has 0 saturated carbocycles. The van der Waals surface area contributed by atoms with Crippen LogP contribution in [0.5, 0.6) is 0 Å². The summed E-state index contributed by atoms with van der Waals surface area (Å²) in [4.78, 5) is 32.3. The molecular formula is C26H22N6O. The number of ketones is 1. The molecule has 1 aliphatic heterocycles. The van der Waals surface area contributed by atoms with Crippen LogP contribution < -0.4 is 10.2 Å². The summed E-state index contributed by atoms with van der Waals surface area (Å²) in [6.45, 7) is 3.87. The zero-order valence-electron chi connectivity index (χ0n) is 18.0. The average Bonchev–Trinajstić information content (AvgIpc) is 3.32. The molecule has 1 fully saturated rings. The van der Waals surface area contributed by atoms with E-state index < -0.39 is 0 Å². The van der Waals surface area contributed by atoms with Crippen LogP contribution in [-0.4, -0.2) is 51.9 Å². The monoisotopic (exact) mass is 434 g/mol. The summed E-state index contributed by atoms with van der Waals surface area (Å²) in [7, 11) is 0. The van der Waals surface area contributed by atoms with Crippen molar-refractivity contribution in [2.24, 2.45) is 0 Å². The van der Waals surface area contributed by atoms with Gasteiger partial charge in [0.1, 0.15) is 0 Å². The van der Waals surface area contributed by atoms with Crippen molar-refractivity contribution < 1.29 is 4.79 Å². The molecule has 0 atom stereocenters. The number of hydrogen-bond acceptors (Lipinski definition) is 6. The van der Waals surface area contributed by atoms with E-state index in [9.17, 15) is 4.79 Å². The van der Waals surface area contributed by atoms with Crippen LogP contribution in [0.3, 0.4) is 0 Å². The Morgan fingerprint density at radius 2 is 1.85 bits per heavy atom. The van der Waals surface area contributed by atoms with Gasteiger partial charge in [-0.1, -0.05) is 24.3 Å². The quantitative estimate of drug-likeness (QED) is 0.418. The van der Waals surface area contributed by atoms with Crippen molar-refractivity contribution in [3.05, 3.63) is 84.6 Å². The summed E-state index contributed by atoms with van der Waals surface area (Å²) >= 11 is 0. The number of piperazine rings is 1. The number of carbonyl (C=O) groups is 1. The van der Waals surface area contributed by atoms with E-state index in [1.165, 1.54) is 0 Å². The molecule has 2 N–H and O–H groups in total. The molecule has 162 valence electrons. The van der Waals surface area contributed by atoms with Crippen LogP contribution >= 0.6 is 0 Å². The first-order chi connectivity index (χ1) is 16.3. The van der Waals surface area contributed by atoms with Crippen molar-refractivity contribution in [1.82, 2.24) is 25.3 Å². The highest BCUT2D eigenvalue weighted by atomic mass is 16.1. The van der Waals surface area contributed by atoms with Gasteiger partial charge in [0.2, 0.25) is 5.78 Å². The number of H-pyrrole nitrogens is 1. The number of pyridine rings is 2. The van der Waals surface area contributed by atoms with E-state index in [0.29, 0.717) is 17.1 Å². The first-order valence-electron chi connectivity index (χ1n) is 11.1. The highest BCUT2D eigenvalue weighted by Gasteiger charge is 2.17. The lowest BCUT2D eigenvalue weighted by Crippen LogP contribution is -2.43. The van der Waals surface area contributed by atoms with Gasteiger partial charge in [-0.05, 0) is 35.7 Å². The third-order valence-electron chi connectivity index (χ3n) is 6.13. The Morgan fingerprint density at radius 1 is 0.970 bits per heavy atom. The number of hydrogen-bond donors (Lipinski definition) is 2. The molecule has 2 aromatic carbocycles. The molecule has 0 aliphatic carbocycles. The molecule has 5 aromatic rings. The lowest BCUT2D eigenvalue weighted by molar-refractivity contribution is 0.103. The second-order valence-electron chi connectivity index (χ2n) is 8.19. The lowest BCUT2D eigenvalue weighted by atomic mass is 10.0. The highest BCUT2D eigenvalue weighted by molar-refractivity contribution is 6.09. The Bertz CT molecular complexity index is 1480. The minimum Gasteiger partial charge on any atom is -0.369 e. The summed E-state index contributed by atoms with van der Waals surface area (Å²) in [5.41, 5.74) is 4.92. The van der Waals surface area contributed by atoms with Crippen LogP contribution in [0.1, 0.15) is 16.2 Å². The van der Waals surface area contributed by atoms with Gasteiger partial charge >= 0.3 is 0 Å². The molecule has 6 rings (SSSR count). The van der Waals surface area contributed by atoms with Gasteiger partial charge in [0.05, 0.1) is 16.7 Å². The molecule has 0 unspecified atom stereocenters. The zero-order valence-corrected chi connectivity index (χ0v) is 18.0. The third-order valence-corrected chi connectivity index (χ3v) is 6.13. The van der Waals surface area contributed by atoms with Gasteiger partial charge in [-0.25, -0.2) is 4.98 Å². The minimum absolute atomic E-state index is 0.160. The van der Waals surface area contributed by atoms with E-state index >= 15 is 0 Å². The van der Waals surface area contributed by atoms with Gasteiger partial charge in [-0.3, -0.25) is 14.8 Å². The van der Waals surface area contributed by atoms with Crippen molar-refractivity contribution in [3.63, 3.8) is 0 Å². The van der Waals surface area contributed by atoms with Crippen LogP contribution in [0.15, 0.2) is 73.2 Å². The summed E-state index contributed by atoms with van der Waals surface area (Å²) in [5.74, 6) is 0.169. The SMILES string of the molecule is O=C(c1ccnc(-c2cncc3ccccc23)c1)c1nc2cc(N3CCNCC3)ccc2[nH]1. The van der Waals surface area contributed by atoms with Crippen LogP contribution in [-0.2, 0) is 0 Å². The van der Waals surface area contributed by atoms with Crippen molar-refractivity contribution in [2.75, 3.05) is 31.1 Å². The van der Waals surface area contributed by atoms with Crippen molar-refractivity contribution in [1.29, 1.82) is 0 Å². The van der Waals surface area contributed by atoms with Gasteiger partial charge in [-0.2, -0.15) is 0 Å². The minimum atomic E-state index is -0.160. The molecule has 0 amide bonds. The summed E-state index contributed by atoms with van der Waals surface area (Å²) < 4.78 is 0. The van der Waals surface area contributed by atoms with Gasteiger partial charge in [0.15, 0.2) is 5.82 Å². The highest BCUT2D eigenvalue weighted by Crippen LogP contribution is 2.27. The Kier molecular flexibility index (Phi) is 4.81. The fourth-order valence-corrected chi connectivity index (χ4v) is 4.40. The Labute approximate surface area is 190 Å². The molecule has 7 heteroatoms. The largest absolute Gasteiger partial charge is 0.369 e. The molecule has 33 heavy (non-hydrogen) atoms. The maximum atomic E-state index is 13.3. The Balaban J connectivity index is 1.34. The predicted octanol–water partition coefficient (Wildman–Crippen LogP) is 3.81. The second kappa shape index (κ2) is 8.11. The lowest BCUT2D eigenvalue weighted by Gasteiger charge is -2.29. The van der Waals surface area contributed by atoms with Crippen LogP contribution in [0.2, 0.25) is 0 Å². The normalized spacial score (nSPS) is 14.1. The number of aromatic amines is 1. The summed E-state index contributed by atoms with van der Waals surface area (Å²) in [6, 6.07) is 17.7. The molecule has 0 spiro atoms. The maximum Gasteiger partial charge on any atom is 0.228 e. The molecule has 0 radical (unpaired) electrons. The molecule has 3 aromatic heterocycles. The molecular weight excluding hydrogens is 412 g/mol. The first-order valence-corrected chi connectivity index (χ1v) is 11.1. The van der Waals surface area contributed by atoms with Gasteiger partial charge in [-0.15, -0.1) is 0 Å². The van der Waals surface area contributed by atoms with E-state index in [-0.39, 0.29) is 5.78 Å². The number of benzene rings is 2. The summed E-state index contributed by atoms with van der Waals surface area (Å²) in [5, 5.41) is 5.45. The zero-order chi connectivity index (χ0) is 22.2. The molecule has 1 aliphatic rings. The second-order valence-corrected chi connectivity index (χ2v) is 8.19. The fourth-order valence-electron chi connectivity index (χ4n) is 4.40. The van der Waals surface area contributed by atoms with Crippen LogP contribution in [0.4, 0.5) is 5.69 Å². The smallest absolute Gasteiger partial charge is 0.228 e. The topological polar surface area (TPSA) is 86.8 Å². The maximum absolute atomic E-state index is 13.3. The van der Waals surface area contributed by atoms with E-state index in [2.05, 4.69) is 36.2 Å². The van der Waals surface area contributed by atoms with Gasteiger partial charge < -0.3 is 15.2 Å². The predicted molar refractivity (Wildman–Crippen MR) is 130 cm³/mol. The van der Waals surface area contributed by atoms with E-state index in [1.54, 1.807) is 18.5 Å². The van der Waals surface area contributed by atoms with Gasteiger partial charge in [0, 0.05) is 67.0 Å². The van der Waals surface area contributed by atoms with Crippen molar-refractivity contribution in [3.8, 4) is 11.3 Å². The van der Waals surface area contributed by atoms with E-state index in [1.807, 2.05) is 48.7 Å². The van der Waals surface area contributed by atoms with Crippen molar-refractivity contribution >= 4 is 33.3 Å². The van der Waals surface area contributed by atoms with Crippen LogP contribution in [0.25, 0.3) is 33.1 Å². The number of nitrogens with zero attached hydrogens (tertiary/aromatic N) is 4. The molecule has 0 bridgehead atoms. The van der Waals surface area contributed by atoms with Crippen LogP contribution in [0, 0.1) is 0 Å². The number of imidazole rings is 1. The Hall–Kier alpha value is -4.10. The molecule has 4 heterocycles. The number of anilines is 1. The summed E-state index contributed by atoms with van der Waals surface area (Å²) in [6.07, 6.45) is 5.28.